The molecule has 3 heterocycles. The summed E-state index contributed by atoms with van der Waals surface area (Å²) in [6, 6.07) is 2.23. The van der Waals surface area contributed by atoms with Crippen LogP contribution in [0.3, 0.4) is 0 Å². The van der Waals surface area contributed by atoms with Crippen molar-refractivity contribution in [3.8, 4) is 0 Å². The van der Waals surface area contributed by atoms with Crippen molar-refractivity contribution in [2.45, 2.75) is 64.6 Å². The van der Waals surface area contributed by atoms with Gasteiger partial charge in [-0.3, -0.25) is 14.4 Å². The van der Waals surface area contributed by atoms with Gasteiger partial charge in [0.1, 0.15) is 0 Å². The van der Waals surface area contributed by atoms with E-state index in [2.05, 4.69) is 23.1 Å². The first kappa shape index (κ1) is 16.5. The Kier molecular flexibility index (Phi) is 4.70. The van der Waals surface area contributed by atoms with Gasteiger partial charge in [0.25, 0.3) is 5.56 Å². The lowest BCUT2D eigenvalue weighted by Gasteiger charge is -2.25. The molecule has 1 aliphatic carbocycles. The molecule has 6 heteroatoms. The Morgan fingerprint density at radius 3 is 2.92 bits per heavy atom. The van der Waals surface area contributed by atoms with Crippen molar-refractivity contribution in [1.29, 1.82) is 0 Å². The molecule has 4 rings (SSSR count). The molecule has 0 aromatic carbocycles. The molecule has 0 amide bonds. The van der Waals surface area contributed by atoms with Crippen molar-refractivity contribution in [1.82, 2.24) is 24.5 Å². The molecule has 2 aromatic rings. The quantitative estimate of drug-likeness (QED) is 0.832. The maximum Gasteiger partial charge on any atom is 0.267 e. The van der Waals surface area contributed by atoms with E-state index in [9.17, 15) is 4.79 Å². The molecule has 1 fully saturated rings. The smallest absolute Gasteiger partial charge is 0.267 e. The topological polar surface area (TPSA) is 56.0 Å². The minimum atomic E-state index is 0.0650. The number of hydrogen-bond acceptors (Lipinski definition) is 4. The summed E-state index contributed by atoms with van der Waals surface area (Å²) in [5, 5.41) is 9.06. The number of fused-ring (bicyclic) bond motifs is 1. The van der Waals surface area contributed by atoms with Crippen LogP contribution in [0.5, 0.6) is 0 Å². The molecule has 0 bridgehead atoms. The van der Waals surface area contributed by atoms with E-state index in [1.165, 1.54) is 30.4 Å². The van der Waals surface area contributed by atoms with E-state index in [4.69, 9.17) is 5.10 Å². The largest absolute Gasteiger partial charge is 0.297 e. The summed E-state index contributed by atoms with van der Waals surface area (Å²) in [5.41, 5.74) is 3.57. The number of nitrogens with zero attached hydrogens (tertiary/aromatic N) is 5. The van der Waals surface area contributed by atoms with Gasteiger partial charge >= 0.3 is 0 Å². The molecule has 1 saturated heterocycles. The van der Waals surface area contributed by atoms with Crippen molar-refractivity contribution < 1.29 is 0 Å². The SMILES string of the molecule is Cc1cnn(CCN2CCCC2Cn2nc3c(cc2=O)CCCC3)c1. The lowest BCUT2D eigenvalue weighted by Crippen LogP contribution is -2.39. The van der Waals surface area contributed by atoms with E-state index >= 15 is 0 Å². The van der Waals surface area contributed by atoms with Crippen molar-refractivity contribution in [2.75, 3.05) is 13.1 Å². The van der Waals surface area contributed by atoms with Crippen molar-refractivity contribution in [3.63, 3.8) is 0 Å². The van der Waals surface area contributed by atoms with E-state index in [1.54, 1.807) is 4.68 Å². The molecule has 1 atom stereocenters. The molecule has 2 aromatic heterocycles. The third-order valence-electron chi connectivity index (χ3n) is 5.54. The fourth-order valence-electron chi connectivity index (χ4n) is 4.15. The molecule has 134 valence electrons. The Balaban J connectivity index is 1.43. The summed E-state index contributed by atoms with van der Waals surface area (Å²) in [5.74, 6) is 0. The molecule has 0 radical (unpaired) electrons. The minimum Gasteiger partial charge on any atom is -0.297 e. The Bertz CT molecular complexity index is 793. The molecule has 1 unspecified atom stereocenters. The molecule has 0 spiro atoms. The maximum atomic E-state index is 12.4. The Hall–Kier alpha value is -1.95. The normalized spacial score (nSPS) is 20.8. The van der Waals surface area contributed by atoms with E-state index in [1.807, 2.05) is 16.9 Å². The minimum absolute atomic E-state index is 0.0650. The van der Waals surface area contributed by atoms with Crippen LogP contribution >= 0.6 is 0 Å². The summed E-state index contributed by atoms with van der Waals surface area (Å²) in [6.45, 7) is 5.76. The summed E-state index contributed by atoms with van der Waals surface area (Å²) >= 11 is 0. The summed E-state index contributed by atoms with van der Waals surface area (Å²) in [6.07, 6.45) is 10.7. The summed E-state index contributed by atoms with van der Waals surface area (Å²) in [7, 11) is 0. The van der Waals surface area contributed by atoms with Gasteiger partial charge in [0, 0.05) is 24.8 Å². The zero-order valence-electron chi connectivity index (χ0n) is 15.0. The van der Waals surface area contributed by atoms with E-state index < -0.39 is 0 Å². The first-order valence-electron chi connectivity index (χ1n) is 9.52. The number of aromatic nitrogens is 4. The predicted molar refractivity (Wildman–Crippen MR) is 96.7 cm³/mol. The van der Waals surface area contributed by atoms with Crippen LogP contribution in [0, 0.1) is 6.92 Å². The molecule has 1 aliphatic heterocycles. The standard InChI is InChI=1S/C19H27N5O/c1-15-12-20-23(13-15)10-9-22-8-4-6-17(22)14-24-19(25)11-16-5-2-3-7-18(16)21-24/h11-13,17H,2-10,14H2,1H3. The Morgan fingerprint density at radius 1 is 1.20 bits per heavy atom. The molecular weight excluding hydrogens is 314 g/mol. The third-order valence-corrected chi connectivity index (χ3v) is 5.54. The third kappa shape index (κ3) is 3.68. The first-order valence-corrected chi connectivity index (χ1v) is 9.52. The second kappa shape index (κ2) is 7.12. The average Bonchev–Trinajstić information content (AvgIpc) is 3.22. The van der Waals surface area contributed by atoms with Crippen LogP contribution in [-0.2, 0) is 25.9 Å². The predicted octanol–water partition coefficient (Wildman–Crippen LogP) is 1.79. The highest BCUT2D eigenvalue weighted by Crippen LogP contribution is 2.20. The van der Waals surface area contributed by atoms with Gasteiger partial charge in [0.15, 0.2) is 0 Å². The molecule has 0 N–H and O–H groups in total. The van der Waals surface area contributed by atoms with Gasteiger partial charge in [0.05, 0.1) is 25.0 Å². The molecule has 6 nitrogen and oxygen atoms in total. The zero-order chi connectivity index (χ0) is 17.2. The second-order valence-corrected chi connectivity index (χ2v) is 7.46. The van der Waals surface area contributed by atoms with E-state index in [0.717, 1.165) is 44.6 Å². The fraction of sp³-hybridized carbons (Fsp3) is 0.632. The maximum absolute atomic E-state index is 12.4. The average molecular weight is 341 g/mol. The highest BCUT2D eigenvalue weighted by atomic mass is 16.1. The lowest BCUT2D eigenvalue weighted by molar-refractivity contribution is 0.213. The van der Waals surface area contributed by atoms with Gasteiger partial charge in [-0.2, -0.15) is 10.2 Å². The van der Waals surface area contributed by atoms with E-state index in [-0.39, 0.29) is 5.56 Å². The van der Waals surface area contributed by atoms with E-state index in [0.29, 0.717) is 12.6 Å². The van der Waals surface area contributed by atoms with Gasteiger partial charge in [-0.25, -0.2) is 4.68 Å². The van der Waals surface area contributed by atoms with Gasteiger partial charge < -0.3 is 0 Å². The molecular formula is C19H27N5O. The van der Waals surface area contributed by atoms with Crippen LogP contribution in [0.25, 0.3) is 0 Å². The number of likely N-dealkylation sites (tertiary alicyclic amines) is 1. The molecule has 2 aliphatic rings. The van der Waals surface area contributed by atoms with Gasteiger partial charge in [-0.15, -0.1) is 0 Å². The van der Waals surface area contributed by atoms with Crippen LogP contribution in [0.2, 0.25) is 0 Å². The number of rotatable bonds is 5. The molecule has 25 heavy (non-hydrogen) atoms. The van der Waals surface area contributed by atoms with Gasteiger partial charge in [-0.05, 0) is 63.1 Å². The molecule has 0 saturated carbocycles. The lowest BCUT2D eigenvalue weighted by atomic mass is 9.97. The van der Waals surface area contributed by atoms with Gasteiger partial charge in [0.2, 0.25) is 0 Å². The first-order chi connectivity index (χ1) is 12.2. The van der Waals surface area contributed by atoms with Crippen LogP contribution in [0.4, 0.5) is 0 Å². The fourth-order valence-corrected chi connectivity index (χ4v) is 4.15. The van der Waals surface area contributed by atoms with Crippen LogP contribution in [0.15, 0.2) is 23.3 Å². The van der Waals surface area contributed by atoms with Crippen LogP contribution < -0.4 is 5.56 Å². The number of hydrogen-bond donors (Lipinski definition) is 0. The highest BCUT2D eigenvalue weighted by molar-refractivity contribution is 5.20. The van der Waals surface area contributed by atoms with Crippen LogP contribution in [0.1, 0.15) is 42.5 Å². The van der Waals surface area contributed by atoms with Crippen molar-refractivity contribution in [2.24, 2.45) is 0 Å². The highest BCUT2D eigenvalue weighted by Gasteiger charge is 2.25. The second-order valence-electron chi connectivity index (χ2n) is 7.46. The van der Waals surface area contributed by atoms with Crippen molar-refractivity contribution in [3.05, 3.63) is 45.6 Å². The Labute approximate surface area is 148 Å². The van der Waals surface area contributed by atoms with Crippen molar-refractivity contribution >= 4 is 0 Å². The monoisotopic (exact) mass is 341 g/mol. The number of aryl methyl sites for hydroxylation is 3. The summed E-state index contributed by atoms with van der Waals surface area (Å²) in [4.78, 5) is 14.9. The van der Waals surface area contributed by atoms with Gasteiger partial charge in [-0.1, -0.05) is 0 Å². The zero-order valence-corrected chi connectivity index (χ0v) is 15.0. The summed E-state index contributed by atoms with van der Waals surface area (Å²) < 4.78 is 3.72. The van der Waals surface area contributed by atoms with Crippen LogP contribution in [-0.4, -0.2) is 43.6 Å². The Morgan fingerprint density at radius 2 is 2.08 bits per heavy atom.